The summed E-state index contributed by atoms with van der Waals surface area (Å²) in [4.78, 5) is 34.4. The molecule has 1 unspecified atom stereocenters. The Morgan fingerprint density at radius 2 is 1.61 bits per heavy atom. The number of rotatable bonds is 5. The molecule has 2 amide bonds. The Hall–Kier alpha value is -4.13. The first-order chi connectivity index (χ1) is 16.1. The van der Waals surface area contributed by atoms with E-state index in [9.17, 15) is 9.59 Å². The minimum absolute atomic E-state index is 0.00757. The van der Waals surface area contributed by atoms with Crippen molar-refractivity contribution in [2.24, 2.45) is 5.73 Å². The van der Waals surface area contributed by atoms with E-state index in [2.05, 4.69) is 4.98 Å². The van der Waals surface area contributed by atoms with Crippen LogP contribution in [0.5, 0.6) is 11.5 Å². The number of H-pyrrole nitrogens is 1. The molecule has 0 saturated carbocycles. The van der Waals surface area contributed by atoms with Crippen LogP contribution in [0.15, 0.2) is 72.8 Å². The third kappa shape index (κ3) is 4.43. The molecule has 5 rings (SSSR count). The molecule has 0 bridgehead atoms. The molecule has 3 N–H and O–H groups in total. The van der Waals surface area contributed by atoms with Crippen LogP contribution in [-0.4, -0.2) is 39.8 Å². The molecule has 33 heavy (non-hydrogen) atoms. The number of carbonyl (C=O) groups excluding carboxylic acids is 2. The van der Waals surface area contributed by atoms with Crippen molar-refractivity contribution in [3.05, 3.63) is 89.7 Å². The van der Waals surface area contributed by atoms with Gasteiger partial charge < -0.3 is 20.4 Å². The zero-order chi connectivity index (χ0) is 22.8. The van der Waals surface area contributed by atoms with Gasteiger partial charge >= 0.3 is 0 Å². The van der Waals surface area contributed by atoms with Crippen LogP contribution < -0.4 is 10.5 Å². The Kier molecular flexibility index (Phi) is 5.52. The van der Waals surface area contributed by atoms with Gasteiger partial charge in [-0.2, -0.15) is 0 Å². The van der Waals surface area contributed by atoms with Crippen molar-refractivity contribution in [1.29, 1.82) is 0 Å². The molecule has 3 aromatic carbocycles. The molecule has 166 valence electrons. The molecule has 4 aromatic rings. The minimum Gasteiger partial charge on any atom is -0.457 e. The molecule has 1 atom stereocenters. The van der Waals surface area contributed by atoms with Crippen molar-refractivity contribution in [2.75, 3.05) is 13.1 Å². The number of imidazole rings is 1. The van der Waals surface area contributed by atoms with Gasteiger partial charge in [0.25, 0.3) is 5.91 Å². The van der Waals surface area contributed by atoms with Gasteiger partial charge in [-0.05, 0) is 73.5 Å². The van der Waals surface area contributed by atoms with Crippen molar-refractivity contribution in [2.45, 2.75) is 18.8 Å². The number of aromatic nitrogens is 2. The summed E-state index contributed by atoms with van der Waals surface area (Å²) >= 11 is 0. The molecular weight excluding hydrogens is 416 g/mol. The minimum atomic E-state index is -0.482. The molecule has 1 aromatic heterocycles. The molecule has 1 saturated heterocycles. The maximum absolute atomic E-state index is 13.1. The lowest BCUT2D eigenvalue weighted by Crippen LogP contribution is -2.39. The molecular formula is C26H24N4O3. The fraction of sp³-hybridized carbons (Fsp3) is 0.192. The number of piperidine rings is 1. The normalized spacial score (nSPS) is 16.0. The summed E-state index contributed by atoms with van der Waals surface area (Å²) in [6.45, 7) is 1.38. The van der Waals surface area contributed by atoms with E-state index in [1.165, 1.54) is 0 Å². The van der Waals surface area contributed by atoms with Crippen LogP contribution in [-0.2, 0) is 0 Å². The number of likely N-dealkylation sites (tertiary alicyclic amines) is 1. The summed E-state index contributed by atoms with van der Waals surface area (Å²) in [5.41, 5.74) is 8.28. The van der Waals surface area contributed by atoms with Gasteiger partial charge in [-0.3, -0.25) is 9.59 Å². The monoisotopic (exact) mass is 440 g/mol. The van der Waals surface area contributed by atoms with Crippen LogP contribution in [0.2, 0.25) is 0 Å². The third-order valence-electron chi connectivity index (χ3n) is 5.98. The molecule has 0 radical (unpaired) electrons. The van der Waals surface area contributed by atoms with Gasteiger partial charge in [-0.25, -0.2) is 4.98 Å². The predicted octanol–water partition coefficient (Wildman–Crippen LogP) is 4.47. The maximum atomic E-state index is 13.1. The molecule has 7 nitrogen and oxygen atoms in total. The van der Waals surface area contributed by atoms with Crippen molar-refractivity contribution in [1.82, 2.24) is 14.9 Å². The highest BCUT2D eigenvalue weighted by molar-refractivity contribution is 5.94. The van der Waals surface area contributed by atoms with Crippen LogP contribution in [0.4, 0.5) is 0 Å². The van der Waals surface area contributed by atoms with Gasteiger partial charge in [0.05, 0.1) is 11.0 Å². The van der Waals surface area contributed by atoms with E-state index in [0.29, 0.717) is 29.2 Å². The van der Waals surface area contributed by atoms with E-state index in [-0.39, 0.29) is 11.8 Å². The number of carbonyl (C=O) groups is 2. The van der Waals surface area contributed by atoms with E-state index >= 15 is 0 Å². The number of nitrogens with one attached hydrogen (secondary N) is 1. The highest BCUT2D eigenvalue weighted by Gasteiger charge is 2.27. The lowest BCUT2D eigenvalue weighted by atomic mass is 9.96. The second-order valence-corrected chi connectivity index (χ2v) is 8.24. The number of hydrogen-bond donors (Lipinski definition) is 2. The first-order valence-electron chi connectivity index (χ1n) is 11.0. The van der Waals surface area contributed by atoms with E-state index in [1.54, 1.807) is 48.5 Å². The van der Waals surface area contributed by atoms with Gasteiger partial charge in [0.15, 0.2) is 0 Å². The summed E-state index contributed by atoms with van der Waals surface area (Å²) in [5, 5.41) is 0. The number of primary amides is 1. The Morgan fingerprint density at radius 3 is 2.27 bits per heavy atom. The first kappa shape index (κ1) is 20.8. The lowest BCUT2D eigenvalue weighted by molar-refractivity contribution is 0.0704. The summed E-state index contributed by atoms with van der Waals surface area (Å²) in [6.07, 6.45) is 1.95. The first-order valence-corrected chi connectivity index (χ1v) is 11.0. The number of nitrogens with two attached hydrogens (primary N) is 1. The molecule has 1 fully saturated rings. The maximum Gasteiger partial charge on any atom is 0.253 e. The second kappa shape index (κ2) is 8.78. The van der Waals surface area contributed by atoms with Crippen molar-refractivity contribution < 1.29 is 14.3 Å². The van der Waals surface area contributed by atoms with Crippen LogP contribution in [0.1, 0.15) is 45.3 Å². The van der Waals surface area contributed by atoms with E-state index in [1.807, 2.05) is 29.2 Å². The molecule has 0 aliphatic carbocycles. The van der Waals surface area contributed by atoms with Gasteiger partial charge in [-0.1, -0.05) is 12.1 Å². The summed E-state index contributed by atoms with van der Waals surface area (Å²) in [5.74, 6) is 1.86. The SMILES string of the molecule is NC(=O)c1ccc(Oc2ccc(C(=O)N3CCCC(c4nc5ccccc5[nH]4)C3)cc2)cc1. The molecule has 0 spiro atoms. The fourth-order valence-electron chi connectivity index (χ4n) is 4.22. The van der Waals surface area contributed by atoms with Crippen LogP contribution in [0, 0.1) is 0 Å². The molecule has 1 aliphatic heterocycles. The van der Waals surface area contributed by atoms with Crippen molar-refractivity contribution >= 4 is 22.8 Å². The van der Waals surface area contributed by atoms with Gasteiger partial charge in [-0.15, -0.1) is 0 Å². The summed E-state index contributed by atoms with van der Waals surface area (Å²) in [6, 6.07) is 21.7. The van der Waals surface area contributed by atoms with E-state index in [4.69, 9.17) is 15.5 Å². The fourth-order valence-corrected chi connectivity index (χ4v) is 4.22. The quantitative estimate of drug-likeness (QED) is 0.478. The predicted molar refractivity (Wildman–Crippen MR) is 125 cm³/mol. The second-order valence-electron chi connectivity index (χ2n) is 8.24. The van der Waals surface area contributed by atoms with E-state index < -0.39 is 5.91 Å². The number of para-hydroxylation sites is 2. The summed E-state index contributed by atoms with van der Waals surface area (Å²) < 4.78 is 5.81. The summed E-state index contributed by atoms with van der Waals surface area (Å²) in [7, 11) is 0. The number of benzene rings is 3. The number of aromatic amines is 1. The highest BCUT2D eigenvalue weighted by atomic mass is 16.5. The number of hydrogen-bond acceptors (Lipinski definition) is 4. The van der Waals surface area contributed by atoms with Gasteiger partial charge in [0.1, 0.15) is 17.3 Å². The lowest BCUT2D eigenvalue weighted by Gasteiger charge is -2.32. The topological polar surface area (TPSA) is 101 Å². The average Bonchev–Trinajstić information content (AvgIpc) is 3.29. The zero-order valence-corrected chi connectivity index (χ0v) is 18.0. The Balaban J connectivity index is 1.25. The standard InChI is InChI=1S/C26H24N4O3/c27-24(31)17-7-11-20(12-8-17)33-21-13-9-18(10-14-21)26(32)30-15-3-4-19(16-30)25-28-22-5-1-2-6-23(22)29-25/h1-2,5-14,19H,3-4,15-16H2,(H2,27,31)(H,28,29). The highest BCUT2D eigenvalue weighted by Crippen LogP contribution is 2.28. The Labute approximate surface area is 191 Å². The van der Waals surface area contributed by atoms with Crippen LogP contribution in [0.3, 0.4) is 0 Å². The third-order valence-corrected chi connectivity index (χ3v) is 5.98. The van der Waals surface area contributed by atoms with Crippen LogP contribution >= 0.6 is 0 Å². The zero-order valence-electron chi connectivity index (χ0n) is 18.0. The molecule has 7 heteroatoms. The Bertz CT molecular complexity index is 1260. The van der Waals surface area contributed by atoms with Crippen LogP contribution in [0.25, 0.3) is 11.0 Å². The largest absolute Gasteiger partial charge is 0.457 e. The number of nitrogens with zero attached hydrogens (tertiary/aromatic N) is 2. The average molecular weight is 441 g/mol. The number of fused-ring (bicyclic) bond motifs is 1. The van der Waals surface area contributed by atoms with Crippen molar-refractivity contribution in [3.8, 4) is 11.5 Å². The van der Waals surface area contributed by atoms with Gasteiger partial charge in [0, 0.05) is 30.1 Å². The molecule has 1 aliphatic rings. The van der Waals surface area contributed by atoms with Crippen molar-refractivity contribution in [3.63, 3.8) is 0 Å². The number of ether oxygens (including phenoxy) is 1. The smallest absolute Gasteiger partial charge is 0.253 e. The number of amides is 2. The Morgan fingerprint density at radius 1 is 0.939 bits per heavy atom. The van der Waals surface area contributed by atoms with E-state index in [0.717, 1.165) is 36.2 Å². The van der Waals surface area contributed by atoms with Gasteiger partial charge in [0.2, 0.25) is 5.91 Å². The molecule has 2 heterocycles.